The SMILES string of the molecule is ONC1=Nc2ccccc2C(=S)N2CSC[C@@H]12. The molecule has 17 heavy (non-hydrogen) atoms. The van der Waals surface area contributed by atoms with Gasteiger partial charge in [0.1, 0.15) is 10.8 Å². The van der Waals surface area contributed by atoms with E-state index in [1.807, 2.05) is 24.3 Å². The Morgan fingerprint density at radius 3 is 3.12 bits per heavy atom. The van der Waals surface area contributed by atoms with E-state index in [-0.39, 0.29) is 6.04 Å². The van der Waals surface area contributed by atoms with Crippen molar-refractivity contribution >= 4 is 40.5 Å². The Hall–Kier alpha value is -1.11. The van der Waals surface area contributed by atoms with Crippen LogP contribution < -0.4 is 5.48 Å². The number of hydroxylamine groups is 1. The van der Waals surface area contributed by atoms with Gasteiger partial charge in [0.05, 0.1) is 17.6 Å². The summed E-state index contributed by atoms with van der Waals surface area (Å²) in [6.45, 7) is 0. The third-order valence-electron chi connectivity index (χ3n) is 2.95. The number of aliphatic imine (C=N–C) groups is 1. The van der Waals surface area contributed by atoms with Crippen LogP contribution in [-0.2, 0) is 0 Å². The molecule has 1 saturated heterocycles. The van der Waals surface area contributed by atoms with Crippen LogP contribution in [0.1, 0.15) is 5.56 Å². The van der Waals surface area contributed by atoms with E-state index in [0.29, 0.717) is 5.84 Å². The molecule has 0 amide bonds. The van der Waals surface area contributed by atoms with Crippen LogP contribution in [0.5, 0.6) is 0 Å². The van der Waals surface area contributed by atoms with E-state index < -0.39 is 0 Å². The van der Waals surface area contributed by atoms with E-state index in [2.05, 4.69) is 15.4 Å². The average Bonchev–Trinajstić information content (AvgIpc) is 2.81. The number of benzene rings is 1. The van der Waals surface area contributed by atoms with Crippen molar-refractivity contribution in [2.24, 2.45) is 4.99 Å². The molecule has 2 heterocycles. The van der Waals surface area contributed by atoms with E-state index in [1.165, 1.54) is 0 Å². The van der Waals surface area contributed by atoms with Crippen molar-refractivity contribution < 1.29 is 5.21 Å². The van der Waals surface area contributed by atoms with Gasteiger partial charge < -0.3 is 4.90 Å². The van der Waals surface area contributed by atoms with Crippen LogP contribution in [0.4, 0.5) is 5.69 Å². The van der Waals surface area contributed by atoms with E-state index >= 15 is 0 Å². The van der Waals surface area contributed by atoms with Crippen LogP contribution in [0.2, 0.25) is 0 Å². The summed E-state index contributed by atoms with van der Waals surface area (Å²) in [5.41, 5.74) is 3.98. The first-order valence-electron chi connectivity index (χ1n) is 5.27. The Bertz CT molecular complexity index is 503. The standard InChI is InChI=1S/C11H11N3OS2/c15-13-10-9-5-17-6-14(9)11(16)7-3-1-2-4-8(7)12-10/h1-4,9,15H,5-6H2,(H,12,13)/t9-/m0/s1. The molecule has 0 spiro atoms. The molecule has 2 aliphatic rings. The normalized spacial score (nSPS) is 22.6. The number of nitrogens with zero attached hydrogens (tertiary/aromatic N) is 2. The van der Waals surface area contributed by atoms with Crippen molar-refractivity contribution in [3.05, 3.63) is 29.8 Å². The molecule has 0 radical (unpaired) electrons. The fourth-order valence-electron chi connectivity index (χ4n) is 2.08. The fraction of sp³-hybridized carbons (Fsp3) is 0.273. The maximum absolute atomic E-state index is 9.21. The zero-order chi connectivity index (χ0) is 11.8. The lowest BCUT2D eigenvalue weighted by Gasteiger charge is -2.24. The predicted molar refractivity (Wildman–Crippen MR) is 73.1 cm³/mol. The summed E-state index contributed by atoms with van der Waals surface area (Å²) in [6, 6.07) is 7.81. The molecule has 6 heteroatoms. The number of thioether (sulfide) groups is 1. The highest BCUT2D eigenvalue weighted by atomic mass is 32.2. The van der Waals surface area contributed by atoms with Gasteiger partial charge in [-0.25, -0.2) is 4.99 Å². The van der Waals surface area contributed by atoms with Crippen LogP contribution in [0.15, 0.2) is 29.3 Å². The fourth-order valence-corrected chi connectivity index (χ4v) is 3.70. The molecule has 0 unspecified atom stereocenters. The van der Waals surface area contributed by atoms with Gasteiger partial charge in [0.25, 0.3) is 0 Å². The number of amidine groups is 1. The van der Waals surface area contributed by atoms with Gasteiger partial charge in [-0.15, -0.1) is 11.8 Å². The van der Waals surface area contributed by atoms with Crippen LogP contribution in [0.3, 0.4) is 0 Å². The number of thiocarbonyl (C=S) groups is 1. The average molecular weight is 265 g/mol. The second-order valence-corrected chi connectivity index (χ2v) is 5.30. The molecule has 0 bridgehead atoms. The van der Waals surface area contributed by atoms with Gasteiger partial charge in [0, 0.05) is 11.3 Å². The highest BCUT2D eigenvalue weighted by molar-refractivity contribution is 7.99. The van der Waals surface area contributed by atoms with Crippen molar-refractivity contribution in [1.82, 2.24) is 10.4 Å². The first-order chi connectivity index (χ1) is 8.31. The van der Waals surface area contributed by atoms with Crippen molar-refractivity contribution in [2.45, 2.75) is 6.04 Å². The van der Waals surface area contributed by atoms with E-state index in [9.17, 15) is 5.21 Å². The molecule has 1 fully saturated rings. The topological polar surface area (TPSA) is 47.9 Å². The summed E-state index contributed by atoms with van der Waals surface area (Å²) in [5.74, 6) is 2.31. The monoisotopic (exact) mass is 265 g/mol. The quantitative estimate of drug-likeness (QED) is 0.553. The molecular weight excluding hydrogens is 254 g/mol. The minimum absolute atomic E-state index is 0.0462. The predicted octanol–water partition coefficient (Wildman–Crippen LogP) is 1.76. The van der Waals surface area contributed by atoms with Gasteiger partial charge in [0.15, 0.2) is 0 Å². The molecule has 1 atom stereocenters. The molecule has 4 nitrogen and oxygen atoms in total. The molecule has 0 saturated carbocycles. The van der Waals surface area contributed by atoms with Crippen molar-refractivity contribution in [1.29, 1.82) is 0 Å². The Balaban J connectivity index is 2.15. The van der Waals surface area contributed by atoms with E-state index in [1.54, 1.807) is 11.8 Å². The summed E-state index contributed by atoms with van der Waals surface area (Å²) in [4.78, 5) is 7.38. The van der Waals surface area contributed by atoms with Gasteiger partial charge in [-0.3, -0.25) is 10.7 Å². The van der Waals surface area contributed by atoms with Gasteiger partial charge in [0.2, 0.25) is 0 Å². The third kappa shape index (κ3) is 1.72. The van der Waals surface area contributed by atoms with Crippen LogP contribution >= 0.6 is 24.0 Å². The van der Waals surface area contributed by atoms with E-state index in [0.717, 1.165) is 27.9 Å². The molecule has 1 aromatic carbocycles. The van der Waals surface area contributed by atoms with Gasteiger partial charge in [-0.2, -0.15) is 0 Å². The van der Waals surface area contributed by atoms with Gasteiger partial charge in [-0.05, 0) is 12.1 Å². The van der Waals surface area contributed by atoms with E-state index in [4.69, 9.17) is 12.2 Å². The highest BCUT2D eigenvalue weighted by Crippen LogP contribution is 2.31. The highest BCUT2D eigenvalue weighted by Gasteiger charge is 2.34. The summed E-state index contributed by atoms with van der Waals surface area (Å²) >= 11 is 7.31. The largest absolute Gasteiger partial charge is 0.342 e. The Morgan fingerprint density at radius 2 is 2.29 bits per heavy atom. The lowest BCUT2D eigenvalue weighted by Crippen LogP contribution is -2.45. The summed E-state index contributed by atoms with van der Waals surface area (Å²) < 4.78 is 0. The summed E-state index contributed by atoms with van der Waals surface area (Å²) in [5, 5.41) is 9.21. The first-order valence-corrected chi connectivity index (χ1v) is 6.84. The maximum Gasteiger partial charge on any atom is 0.149 e. The number of fused-ring (bicyclic) bond motifs is 2. The lowest BCUT2D eigenvalue weighted by molar-refractivity contribution is 0.226. The van der Waals surface area contributed by atoms with Crippen LogP contribution in [-0.4, -0.2) is 38.6 Å². The Labute approximate surface area is 109 Å². The molecule has 88 valence electrons. The van der Waals surface area contributed by atoms with Crippen LogP contribution in [0.25, 0.3) is 0 Å². The number of hydrogen-bond donors (Lipinski definition) is 2. The number of para-hydroxylation sites is 1. The Kier molecular flexibility index (Phi) is 2.78. The molecule has 1 aromatic rings. The zero-order valence-electron chi connectivity index (χ0n) is 8.96. The van der Waals surface area contributed by atoms with Crippen molar-refractivity contribution in [3.8, 4) is 0 Å². The Morgan fingerprint density at radius 1 is 1.47 bits per heavy atom. The number of nitrogens with one attached hydrogen (secondary N) is 1. The second-order valence-electron chi connectivity index (χ2n) is 3.92. The number of hydrogen-bond acceptors (Lipinski definition) is 5. The smallest absolute Gasteiger partial charge is 0.149 e. The summed E-state index contributed by atoms with van der Waals surface area (Å²) in [6.07, 6.45) is 0. The molecule has 2 N–H and O–H groups in total. The minimum atomic E-state index is 0.0462. The maximum atomic E-state index is 9.21. The molecule has 0 aromatic heterocycles. The minimum Gasteiger partial charge on any atom is -0.342 e. The summed E-state index contributed by atoms with van der Waals surface area (Å²) in [7, 11) is 0. The molecular formula is C11H11N3OS2. The molecule has 3 rings (SSSR count). The molecule has 2 aliphatic heterocycles. The van der Waals surface area contributed by atoms with Crippen molar-refractivity contribution in [3.63, 3.8) is 0 Å². The van der Waals surface area contributed by atoms with Crippen LogP contribution in [0, 0.1) is 0 Å². The first kappa shape index (κ1) is 11.0. The number of rotatable bonds is 0. The van der Waals surface area contributed by atoms with Gasteiger partial charge in [-0.1, -0.05) is 24.4 Å². The van der Waals surface area contributed by atoms with Gasteiger partial charge >= 0.3 is 0 Å². The zero-order valence-corrected chi connectivity index (χ0v) is 10.6. The molecule has 0 aliphatic carbocycles. The van der Waals surface area contributed by atoms with Crippen molar-refractivity contribution in [2.75, 3.05) is 11.6 Å². The second kappa shape index (κ2) is 4.29. The lowest BCUT2D eigenvalue weighted by atomic mass is 10.1. The third-order valence-corrected chi connectivity index (χ3v) is 4.42.